The second-order valence-corrected chi connectivity index (χ2v) is 8.41. The van der Waals surface area contributed by atoms with Gasteiger partial charge >= 0.3 is 5.97 Å². The Morgan fingerprint density at radius 1 is 0.971 bits per heavy atom. The van der Waals surface area contributed by atoms with Crippen molar-refractivity contribution in [3.63, 3.8) is 0 Å². The molecule has 1 unspecified atom stereocenters. The highest BCUT2D eigenvalue weighted by atomic mass is 35.5. The number of aliphatic carboxylic acids is 1. The zero-order valence-corrected chi connectivity index (χ0v) is 20.0. The normalized spacial score (nSPS) is 11.6. The summed E-state index contributed by atoms with van der Waals surface area (Å²) in [7, 11) is 1.56. The van der Waals surface area contributed by atoms with Crippen molar-refractivity contribution in [2.45, 2.75) is 12.5 Å². The monoisotopic (exact) mass is 510 g/mol. The number of nitrogens with zero attached hydrogens (tertiary/aromatic N) is 1. The molecule has 0 bridgehead atoms. The van der Waals surface area contributed by atoms with E-state index in [1.807, 2.05) is 24.3 Å². The number of hydrogen-bond acceptors (Lipinski definition) is 5. The van der Waals surface area contributed by atoms with Crippen LogP contribution in [0.25, 0.3) is 10.9 Å². The quantitative estimate of drug-likeness (QED) is 0.312. The third-order valence-electron chi connectivity index (χ3n) is 5.24. The van der Waals surface area contributed by atoms with Crippen molar-refractivity contribution in [1.82, 2.24) is 10.3 Å². The smallest absolute Gasteiger partial charge is 0.326 e. The molecule has 0 radical (unpaired) electrons. The molecule has 7 nitrogen and oxygen atoms in total. The third kappa shape index (κ3) is 5.65. The molecule has 3 aromatic carbocycles. The Kier molecular flexibility index (Phi) is 7.39. The van der Waals surface area contributed by atoms with Gasteiger partial charge in [0.2, 0.25) is 5.88 Å². The van der Waals surface area contributed by atoms with Crippen LogP contribution >= 0.6 is 23.2 Å². The van der Waals surface area contributed by atoms with Gasteiger partial charge in [-0.1, -0.05) is 47.5 Å². The van der Waals surface area contributed by atoms with Crippen LogP contribution in [0.5, 0.6) is 17.4 Å². The Hall–Kier alpha value is -3.81. The summed E-state index contributed by atoms with van der Waals surface area (Å²) in [5, 5.41) is 13.3. The number of rotatable bonds is 8. The minimum atomic E-state index is -1.19. The maximum Gasteiger partial charge on any atom is 0.326 e. The average molecular weight is 511 g/mol. The van der Waals surface area contributed by atoms with Crippen LogP contribution in [0.3, 0.4) is 0 Å². The number of ether oxygens (including phenoxy) is 2. The van der Waals surface area contributed by atoms with E-state index in [0.717, 1.165) is 5.39 Å². The third-order valence-corrected chi connectivity index (χ3v) is 5.87. The number of para-hydroxylation sites is 2. The minimum absolute atomic E-state index is 0.0346. The van der Waals surface area contributed by atoms with Crippen LogP contribution in [-0.2, 0) is 11.2 Å². The summed E-state index contributed by atoms with van der Waals surface area (Å²) in [5.41, 5.74) is 1.41. The molecule has 9 heteroatoms. The van der Waals surface area contributed by atoms with Crippen LogP contribution in [0.15, 0.2) is 72.8 Å². The number of carbonyl (C=O) groups is 2. The van der Waals surface area contributed by atoms with E-state index in [0.29, 0.717) is 28.5 Å². The van der Waals surface area contributed by atoms with Gasteiger partial charge in [-0.15, -0.1) is 0 Å². The van der Waals surface area contributed by atoms with Gasteiger partial charge < -0.3 is 19.9 Å². The van der Waals surface area contributed by atoms with E-state index in [2.05, 4.69) is 10.3 Å². The Labute approximate surface area is 211 Å². The van der Waals surface area contributed by atoms with Crippen molar-refractivity contribution in [3.05, 3.63) is 94.0 Å². The van der Waals surface area contributed by atoms with Crippen LogP contribution in [0, 0.1) is 0 Å². The lowest BCUT2D eigenvalue weighted by Gasteiger charge is -2.16. The Morgan fingerprint density at radius 3 is 2.37 bits per heavy atom. The highest BCUT2D eigenvalue weighted by Crippen LogP contribution is 2.31. The summed E-state index contributed by atoms with van der Waals surface area (Å²) in [4.78, 5) is 29.0. The second kappa shape index (κ2) is 10.6. The molecule has 0 saturated heterocycles. The van der Waals surface area contributed by atoms with Crippen molar-refractivity contribution < 1.29 is 24.2 Å². The number of fused-ring (bicyclic) bond motifs is 1. The van der Waals surface area contributed by atoms with E-state index in [9.17, 15) is 14.7 Å². The van der Waals surface area contributed by atoms with Gasteiger partial charge in [0.05, 0.1) is 28.2 Å². The van der Waals surface area contributed by atoms with E-state index < -0.39 is 17.9 Å². The molecule has 35 heavy (non-hydrogen) atoms. The van der Waals surface area contributed by atoms with Crippen LogP contribution in [-0.4, -0.2) is 35.1 Å². The maximum absolute atomic E-state index is 12.7. The molecule has 0 aliphatic rings. The molecule has 2 N–H and O–H groups in total. The largest absolute Gasteiger partial charge is 0.493 e. The van der Waals surface area contributed by atoms with Crippen LogP contribution in [0.1, 0.15) is 15.9 Å². The van der Waals surface area contributed by atoms with Crippen molar-refractivity contribution in [2.75, 3.05) is 7.11 Å². The molecule has 0 spiro atoms. The number of carboxylic acids is 1. The van der Waals surface area contributed by atoms with E-state index in [1.165, 1.54) is 12.1 Å². The molecule has 4 aromatic rings. The van der Waals surface area contributed by atoms with E-state index >= 15 is 0 Å². The predicted molar refractivity (Wildman–Crippen MR) is 134 cm³/mol. The Morgan fingerprint density at radius 2 is 1.69 bits per heavy atom. The molecule has 1 atom stereocenters. The second-order valence-electron chi connectivity index (χ2n) is 7.59. The molecule has 178 valence electrons. The summed E-state index contributed by atoms with van der Waals surface area (Å²) in [6.45, 7) is 0. The van der Waals surface area contributed by atoms with E-state index in [4.69, 9.17) is 32.7 Å². The lowest BCUT2D eigenvalue weighted by molar-refractivity contribution is -0.139. The molecular formula is C26H20Cl2N2O5. The van der Waals surface area contributed by atoms with Crippen molar-refractivity contribution >= 4 is 46.0 Å². The molecule has 0 saturated carbocycles. The lowest BCUT2D eigenvalue weighted by atomic mass is 10.0. The summed E-state index contributed by atoms with van der Waals surface area (Å²) in [5.74, 6) is -0.322. The summed E-state index contributed by atoms with van der Waals surface area (Å²) >= 11 is 12.2. The summed E-state index contributed by atoms with van der Waals surface area (Å²) in [6, 6.07) is 19.6. The molecular weight excluding hydrogens is 491 g/mol. The number of carboxylic acid groups (broad SMARTS) is 1. The Balaban J connectivity index is 1.52. The molecule has 0 aliphatic carbocycles. The number of hydrogen-bond donors (Lipinski definition) is 2. The fourth-order valence-corrected chi connectivity index (χ4v) is 4.11. The summed E-state index contributed by atoms with van der Waals surface area (Å²) < 4.78 is 11.2. The molecule has 0 fully saturated rings. The topological polar surface area (TPSA) is 97.8 Å². The fraction of sp³-hybridized carbons (Fsp3) is 0.115. The van der Waals surface area contributed by atoms with Crippen LogP contribution < -0.4 is 14.8 Å². The standard InChI is InChI=1S/C26H20Cl2N2O5/c1-34-21-7-2-3-8-22(21)35-23-12-10-16-13-15(9-11-19(16)29-23)14-20(26(32)33)30-25(31)24-17(27)5-4-6-18(24)28/h2-13,20H,14H2,1H3,(H,30,31)(H,32,33). The molecule has 1 aromatic heterocycles. The molecule has 4 rings (SSSR count). The number of benzene rings is 3. The van der Waals surface area contributed by atoms with Gasteiger partial charge in [0.25, 0.3) is 5.91 Å². The number of nitrogens with one attached hydrogen (secondary N) is 1. The SMILES string of the molecule is COc1ccccc1Oc1ccc2cc(CC(NC(=O)c3c(Cl)cccc3Cl)C(=O)O)ccc2n1. The first-order valence-electron chi connectivity index (χ1n) is 10.5. The Bertz CT molecular complexity index is 1390. The zero-order valence-electron chi connectivity index (χ0n) is 18.5. The summed E-state index contributed by atoms with van der Waals surface area (Å²) in [6.07, 6.45) is 0.0541. The molecule has 1 amide bonds. The maximum atomic E-state index is 12.7. The minimum Gasteiger partial charge on any atom is -0.493 e. The van der Waals surface area contributed by atoms with Crippen molar-refractivity contribution in [2.24, 2.45) is 0 Å². The first-order valence-corrected chi connectivity index (χ1v) is 11.3. The average Bonchev–Trinajstić information content (AvgIpc) is 2.84. The van der Waals surface area contributed by atoms with E-state index in [1.54, 1.807) is 43.5 Å². The highest BCUT2D eigenvalue weighted by molar-refractivity contribution is 6.39. The number of carbonyl (C=O) groups excluding carboxylic acids is 1. The molecule has 1 heterocycles. The van der Waals surface area contributed by atoms with Crippen molar-refractivity contribution in [3.8, 4) is 17.4 Å². The van der Waals surface area contributed by atoms with Gasteiger partial charge in [0.1, 0.15) is 6.04 Å². The van der Waals surface area contributed by atoms with Crippen molar-refractivity contribution in [1.29, 1.82) is 0 Å². The number of aromatic nitrogens is 1. The number of halogens is 2. The lowest BCUT2D eigenvalue weighted by Crippen LogP contribution is -2.42. The number of methoxy groups -OCH3 is 1. The van der Waals surface area contributed by atoms with Gasteiger partial charge in [0.15, 0.2) is 11.5 Å². The van der Waals surface area contributed by atoms with Gasteiger partial charge in [-0.2, -0.15) is 0 Å². The number of pyridine rings is 1. The van der Waals surface area contributed by atoms with Crippen LogP contribution in [0.2, 0.25) is 10.0 Å². The van der Waals surface area contributed by atoms with E-state index in [-0.39, 0.29) is 22.0 Å². The zero-order chi connectivity index (χ0) is 24.9. The first kappa shape index (κ1) is 24.3. The van der Waals surface area contributed by atoms with Gasteiger partial charge in [-0.3, -0.25) is 4.79 Å². The van der Waals surface area contributed by atoms with Gasteiger partial charge in [0, 0.05) is 17.9 Å². The predicted octanol–water partition coefficient (Wildman–Crippen LogP) is 5.77. The molecule has 0 aliphatic heterocycles. The fourth-order valence-electron chi connectivity index (χ4n) is 3.54. The van der Waals surface area contributed by atoms with Gasteiger partial charge in [-0.05, 0) is 48.0 Å². The number of amides is 1. The van der Waals surface area contributed by atoms with Crippen LogP contribution in [0.4, 0.5) is 0 Å². The first-order chi connectivity index (χ1) is 16.9. The van der Waals surface area contributed by atoms with Gasteiger partial charge in [-0.25, -0.2) is 9.78 Å². The highest BCUT2D eigenvalue weighted by Gasteiger charge is 2.24.